The van der Waals surface area contributed by atoms with E-state index in [0.717, 1.165) is 12.1 Å². The highest BCUT2D eigenvalue weighted by molar-refractivity contribution is 5.96. The number of benzene rings is 1. The first-order chi connectivity index (χ1) is 9.70. The van der Waals surface area contributed by atoms with Crippen LogP contribution in [0.1, 0.15) is 10.4 Å². The molecule has 0 heterocycles. The van der Waals surface area contributed by atoms with E-state index in [4.69, 9.17) is 5.11 Å². The highest BCUT2D eigenvalue weighted by Gasteiger charge is 2.38. The molecule has 1 aromatic rings. The van der Waals surface area contributed by atoms with Crippen molar-refractivity contribution >= 4 is 11.8 Å². The zero-order valence-corrected chi connectivity index (χ0v) is 10.6. The van der Waals surface area contributed by atoms with E-state index in [1.54, 1.807) is 0 Å². The SMILES string of the molecule is O=C(CNC(=O)c1cccc(F)c1)NCC(O)C(F)(F)F. The summed E-state index contributed by atoms with van der Waals surface area (Å²) in [5.41, 5.74) is -0.0295. The second kappa shape index (κ2) is 7.02. The molecule has 0 fully saturated rings. The van der Waals surface area contributed by atoms with Gasteiger partial charge in [0.25, 0.3) is 5.91 Å². The lowest BCUT2D eigenvalue weighted by molar-refractivity contribution is -0.201. The number of amides is 2. The molecule has 0 spiro atoms. The van der Waals surface area contributed by atoms with E-state index in [0.29, 0.717) is 0 Å². The molecule has 2 amide bonds. The van der Waals surface area contributed by atoms with Gasteiger partial charge in [0.05, 0.1) is 13.1 Å². The van der Waals surface area contributed by atoms with Crippen molar-refractivity contribution in [2.24, 2.45) is 0 Å². The lowest BCUT2D eigenvalue weighted by Crippen LogP contribution is -2.44. The molecule has 1 atom stereocenters. The van der Waals surface area contributed by atoms with E-state index in [2.05, 4.69) is 5.32 Å². The second-order valence-corrected chi connectivity index (χ2v) is 4.05. The Morgan fingerprint density at radius 1 is 1.24 bits per heavy atom. The summed E-state index contributed by atoms with van der Waals surface area (Å²) >= 11 is 0. The van der Waals surface area contributed by atoms with Gasteiger partial charge in [-0.15, -0.1) is 0 Å². The third-order valence-electron chi connectivity index (χ3n) is 2.37. The number of rotatable bonds is 5. The molecule has 0 aliphatic rings. The van der Waals surface area contributed by atoms with Crippen LogP contribution in [0.4, 0.5) is 17.6 Å². The van der Waals surface area contributed by atoms with Gasteiger partial charge in [-0.05, 0) is 18.2 Å². The number of aliphatic hydroxyl groups excluding tert-OH is 1. The van der Waals surface area contributed by atoms with Crippen molar-refractivity contribution in [1.29, 1.82) is 0 Å². The molecule has 0 bridgehead atoms. The first kappa shape index (κ1) is 16.9. The van der Waals surface area contributed by atoms with Gasteiger partial charge in [0.1, 0.15) is 5.82 Å². The highest BCUT2D eigenvalue weighted by atomic mass is 19.4. The molecule has 9 heteroatoms. The minimum atomic E-state index is -4.84. The van der Waals surface area contributed by atoms with Crippen molar-refractivity contribution in [3.63, 3.8) is 0 Å². The molecular weight excluding hydrogens is 296 g/mol. The summed E-state index contributed by atoms with van der Waals surface area (Å²) in [6.45, 7) is -1.61. The molecule has 0 aromatic heterocycles. The number of carbonyl (C=O) groups is 2. The topological polar surface area (TPSA) is 78.4 Å². The zero-order valence-electron chi connectivity index (χ0n) is 10.6. The molecule has 3 N–H and O–H groups in total. The van der Waals surface area contributed by atoms with Crippen molar-refractivity contribution in [2.45, 2.75) is 12.3 Å². The largest absolute Gasteiger partial charge is 0.416 e. The normalized spacial score (nSPS) is 12.6. The van der Waals surface area contributed by atoms with Gasteiger partial charge in [0.15, 0.2) is 6.10 Å². The zero-order chi connectivity index (χ0) is 16.0. The summed E-state index contributed by atoms with van der Waals surface area (Å²) < 4.78 is 48.8. The van der Waals surface area contributed by atoms with Crippen LogP contribution in [0.3, 0.4) is 0 Å². The van der Waals surface area contributed by atoms with Gasteiger partial charge in [0, 0.05) is 5.56 Å². The van der Waals surface area contributed by atoms with Crippen LogP contribution in [0.25, 0.3) is 0 Å². The van der Waals surface area contributed by atoms with Crippen LogP contribution in [-0.2, 0) is 4.79 Å². The van der Waals surface area contributed by atoms with Gasteiger partial charge < -0.3 is 15.7 Å². The van der Waals surface area contributed by atoms with Crippen LogP contribution in [0.15, 0.2) is 24.3 Å². The maximum absolute atomic E-state index is 12.9. The molecule has 0 saturated carbocycles. The molecule has 1 rings (SSSR count). The monoisotopic (exact) mass is 308 g/mol. The van der Waals surface area contributed by atoms with Crippen molar-refractivity contribution in [2.75, 3.05) is 13.1 Å². The van der Waals surface area contributed by atoms with E-state index in [-0.39, 0.29) is 5.56 Å². The van der Waals surface area contributed by atoms with E-state index < -0.39 is 43.0 Å². The summed E-state index contributed by atoms with van der Waals surface area (Å²) in [4.78, 5) is 22.7. The maximum Gasteiger partial charge on any atom is 0.416 e. The number of aliphatic hydroxyl groups is 1. The number of nitrogens with one attached hydrogen (secondary N) is 2. The Morgan fingerprint density at radius 3 is 2.48 bits per heavy atom. The van der Waals surface area contributed by atoms with Gasteiger partial charge in [0.2, 0.25) is 5.91 Å². The van der Waals surface area contributed by atoms with E-state index in [9.17, 15) is 27.2 Å². The minimum absolute atomic E-state index is 0.0295. The Balaban J connectivity index is 2.38. The predicted octanol–water partition coefficient (Wildman–Crippen LogP) is 0.595. The lowest BCUT2D eigenvalue weighted by atomic mass is 10.2. The van der Waals surface area contributed by atoms with Crippen LogP contribution >= 0.6 is 0 Å². The molecule has 116 valence electrons. The average Bonchev–Trinajstić information content (AvgIpc) is 2.40. The van der Waals surface area contributed by atoms with Crippen molar-refractivity contribution < 1.29 is 32.3 Å². The molecular formula is C12H12F4N2O3. The first-order valence-electron chi connectivity index (χ1n) is 5.75. The summed E-state index contributed by atoms with van der Waals surface area (Å²) in [6.07, 6.45) is -7.52. The fraction of sp³-hybridized carbons (Fsp3) is 0.333. The molecule has 0 aliphatic carbocycles. The molecule has 0 radical (unpaired) electrons. The maximum atomic E-state index is 12.9. The fourth-order valence-electron chi connectivity index (χ4n) is 1.28. The molecule has 0 aliphatic heterocycles. The van der Waals surface area contributed by atoms with E-state index >= 15 is 0 Å². The molecule has 21 heavy (non-hydrogen) atoms. The number of alkyl halides is 3. The molecule has 5 nitrogen and oxygen atoms in total. The Kier molecular flexibility index (Phi) is 5.65. The van der Waals surface area contributed by atoms with E-state index in [1.165, 1.54) is 12.1 Å². The third kappa shape index (κ3) is 5.78. The van der Waals surface area contributed by atoms with Crippen molar-refractivity contribution in [3.05, 3.63) is 35.6 Å². The quantitative estimate of drug-likeness (QED) is 0.697. The smallest absolute Gasteiger partial charge is 0.382 e. The first-order valence-corrected chi connectivity index (χ1v) is 5.75. The van der Waals surface area contributed by atoms with Crippen LogP contribution in [0, 0.1) is 5.82 Å². The number of carbonyl (C=O) groups excluding carboxylic acids is 2. The Morgan fingerprint density at radius 2 is 1.90 bits per heavy atom. The van der Waals surface area contributed by atoms with Gasteiger partial charge in [-0.3, -0.25) is 9.59 Å². The van der Waals surface area contributed by atoms with Crippen LogP contribution in [0.2, 0.25) is 0 Å². The summed E-state index contributed by atoms with van der Waals surface area (Å²) in [5.74, 6) is -2.30. The van der Waals surface area contributed by atoms with Crippen molar-refractivity contribution in [1.82, 2.24) is 10.6 Å². The number of hydrogen-bond acceptors (Lipinski definition) is 3. The molecule has 1 unspecified atom stereocenters. The lowest BCUT2D eigenvalue weighted by Gasteiger charge is -2.15. The Labute approximate surface area is 117 Å². The number of halogens is 4. The summed E-state index contributed by atoms with van der Waals surface area (Å²) in [6, 6.07) is 4.68. The average molecular weight is 308 g/mol. The highest BCUT2D eigenvalue weighted by Crippen LogP contribution is 2.19. The van der Waals surface area contributed by atoms with Gasteiger partial charge in [-0.2, -0.15) is 13.2 Å². The van der Waals surface area contributed by atoms with Gasteiger partial charge >= 0.3 is 6.18 Å². The van der Waals surface area contributed by atoms with Crippen LogP contribution < -0.4 is 10.6 Å². The Bertz CT molecular complexity index is 519. The summed E-state index contributed by atoms with van der Waals surface area (Å²) in [5, 5.41) is 12.6. The number of hydrogen-bond donors (Lipinski definition) is 3. The minimum Gasteiger partial charge on any atom is -0.382 e. The Hall–Kier alpha value is -2.16. The van der Waals surface area contributed by atoms with Crippen LogP contribution in [-0.4, -0.2) is 42.3 Å². The van der Waals surface area contributed by atoms with Gasteiger partial charge in [-0.1, -0.05) is 6.07 Å². The third-order valence-corrected chi connectivity index (χ3v) is 2.37. The molecule has 1 aromatic carbocycles. The molecule has 0 saturated heterocycles. The second-order valence-electron chi connectivity index (χ2n) is 4.05. The van der Waals surface area contributed by atoms with Crippen molar-refractivity contribution in [3.8, 4) is 0 Å². The van der Waals surface area contributed by atoms with E-state index in [1.807, 2.05) is 5.32 Å². The fourth-order valence-corrected chi connectivity index (χ4v) is 1.28. The predicted molar refractivity (Wildman–Crippen MR) is 63.8 cm³/mol. The standard InChI is InChI=1S/C12H12F4N2O3/c13-8-3-1-2-7(4-8)11(21)18-6-10(20)17-5-9(19)12(14,15)16/h1-4,9,19H,5-6H2,(H,17,20)(H,18,21). The van der Waals surface area contributed by atoms with Crippen LogP contribution in [0.5, 0.6) is 0 Å². The van der Waals surface area contributed by atoms with Gasteiger partial charge in [-0.25, -0.2) is 4.39 Å². The summed E-state index contributed by atoms with van der Waals surface area (Å²) in [7, 11) is 0.